The second kappa shape index (κ2) is 8.25. The van der Waals surface area contributed by atoms with E-state index in [1.807, 2.05) is 24.3 Å². The standard InChI is InChI=1S/C19H13Br2N3O2/c20-12-4-8-14(9-5-12)22-18(25)16-2-1-3-17(24-16)19(26)23-15-10-6-13(21)7-11-15/h1-11H,(H,22,25)(H,23,26). The monoisotopic (exact) mass is 473 g/mol. The predicted molar refractivity (Wildman–Crippen MR) is 108 cm³/mol. The Morgan fingerprint density at radius 3 is 1.42 bits per heavy atom. The minimum absolute atomic E-state index is 0.163. The summed E-state index contributed by atoms with van der Waals surface area (Å²) in [6.45, 7) is 0. The van der Waals surface area contributed by atoms with E-state index in [0.29, 0.717) is 11.4 Å². The van der Waals surface area contributed by atoms with Crippen molar-refractivity contribution in [2.45, 2.75) is 0 Å². The fourth-order valence-electron chi connectivity index (χ4n) is 2.14. The van der Waals surface area contributed by atoms with E-state index in [1.165, 1.54) is 0 Å². The number of nitrogens with zero attached hydrogens (tertiary/aromatic N) is 1. The number of pyridine rings is 1. The van der Waals surface area contributed by atoms with Crippen molar-refractivity contribution in [1.82, 2.24) is 4.98 Å². The van der Waals surface area contributed by atoms with Crippen LogP contribution in [0.15, 0.2) is 75.7 Å². The van der Waals surface area contributed by atoms with E-state index in [-0.39, 0.29) is 23.2 Å². The number of amides is 2. The number of nitrogens with one attached hydrogen (secondary N) is 2. The Labute approximate surface area is 167 Å². The molecule has 1 aromatic heterocycles. The first kappa shape index (κ1) is 18.3. The van der Waals surface area contributed by atoms with E-state index < -0.39 is 0 Å². The van der Waals surface area contributed by atoms with Crippen molar-refractivity contribution in [1.29, 1.82) is 0 Å². The van der Waals surface area contributed by atoms with Gasteiger partial charge in [-0.3, -0.25) is 9.59 Å². The number of halogens is 2. The lowest BCUT2D eigenvalue weighted by atomic mass is 10.2. The van der Waals surface area contributed by atoms with Crippen LogP contribution in [0.2, 0.25) is 0 Å². The molecule has 0 radical (unpaired) electrons. The number of carbonyl (C=O) groups excluding carboxylic acids is 2. The van der Waals surface area contributed by atoms with Gasteiger partial charge in [0.25, 0.3) is 11.8 Å². The van der Waals surface area contributed by atoms with Gasteiger partial charge in [0.15, 0.2) is 0 Å². The van der Waals surface area contributed by atoms with Crippen molar-refractivity contribution in [2.24, 2.45) is 0 Å². The zero-order valence-corrected chi connectivity index (χ0v) is 16.5. The molecular weight excluding hydrogens is 462 g/mol. The molecule has 0 saturated carbocycles. The van der Waals surface area contributed by atoms with Crippen LogP contribution in [0.4, 0.5) is 11.4 Å². The zero-order valence-electron chi connectivity index (χ0n) is 13.4. The lowest BCUT2D eigenvalue weighted by Crippen LogP contribution is -2.18. The second-order valence-corrected chi connectivity index (χ2v) is 7.16. The minimum Gasteiger partial charge on any atom is -0.321 e. The Balaban J connectivity index is 1.72. The first-order chi connectivity index (χ1) is 12.5. The number of hydrogen-bond donors (Lipinski definition) is 2. The fraction of sp³-hybridized carbons (Fsp3) is 0. The van der Waals surface area contributed by atoms with E-state index in [1.54, 1.807) is 42.5 Å². The predicted octanol–water partition coefficient (Wildman–Crippen LogP) is 5.11. The van der Waals surface area contributed by atoms with Crippen molar-refractivity contribution in [3.63, 3.8) is 0 Å². The first-order valence-corrected chi connectivity index (χ1v) is 9.21. The summed E-state index contributed by atoms with van der Waals surface area (Å²) in [7, 11) is 0. The lowest BCUT2D eigenvalue weighted by molar-refractivity contribution is 0.101. The summed E-state index contributed by atoms with van der Waals surface area (Å²) in [5.74, 6) is -0.767. The van der Waals surface area contributed by atoms with Gasteiger partial charge in [0.1, 0.15) is 11.4 Å². The lowest BCUT2D eigenvalue weighted by Gasteiger charge is -2.07. The molecule has 0 bridgehead atoms. The number of aromatic nitrogens is 1. The fourth-order valence-corrected chi connectivity index (χ4v) is 2.67. The number of benzene rings is 2. The largest absolute Gasteiger partial charge is 0.321 e. The molecule has 2 amide bonds. The number of carbonyl (C=O) groups is 2. The third-order valence-corrected chi connectivity index (χ3v) is 4.48. The van der Waals surface area contributed by atoms with Crippen molar-refractivity contribution >= 4 is 55.0 Å². The van der Waals surface area contributed by atoms with Gasteiger partial charge in [-0.1, -0.05) is 37.9 Å². The van der Waals surface area contributed by atoms with Crippen LogP contribution in [0.25, 0.3) is 0 Å². The second-order valence-electron chi connectivity index (χ2n) is 5.33. The van der Waals surface area contributed by atoms with Crippen LogP contribution < -0.4 is 10.6 Å². The van der Waals surface area contributed by atoms with Gasteiger partial charge in [0.2, 0.25) is 0 Å². The van der Waals surface area contributed by atoms with Gasteiger partial charge in [0.05, 0.1) is 0 Å². The minimum atomic E-state index is -0.384. The molecule has 7 heteroatoms. The van der Waals surface area contributed by atoms with Crippen LogP contribution in [0, 0.1) is 0 Å². The molecule has 0 aliphatic heterocycles. The molecule has 0 atom stereocenters. The molecule has 5 nitrogen and oxygen atoms in total. The SMILES string of the molecule is O=C(Nc1ccc(Br)cc1)c1cccc(C(=O)Nc2ccc(Br)cc2)n1. The van der Waals surface area contributed by atoms with E-state index in [0.717, 1.165) is 8.95 Å². The van der Waals surface area contributed by atoms with Gasteiger partial charge in [-0.15, -0.1) is 0 Å². The zero-order chi connectivity index (χ0) is 18.5. The Morgan fingerprint density at radius 2 is 1.04 bits per heavy atom. The Bertz CT molecular complexity index is 867. The summed E-state index contributed by atoms with van der Waals surface area (Å²) < 4.78 is 1.83. The maximum absolute atomic E-state index is 12.3. The van der Waals surface area contributed by atoms with E-state index in [4.69, 9.17) is 0 Å². The van der Waals surface area contributed by atoms with Gasteiger partial charge in [-0.05, 0) is 60.7 Å². The normalized spacial score (nSPS) is 10.2. The Morgan fingerprint density at radius 1 is 0.654 bits per heavy atom. The summed E-state index contributed by atoms with van der Waals surface area (Å²) in [5, 5.41) is 5.50. The summed E-state index contributed by atoms with van der Waals surface area (Å²) in [6.07, 6.45) is 0. The van der Waals surface area contributed by atoms with Crippen molar-refractivity contribution in [3.05, 3.63) is 87.1 Å². The molecule has 1 heterocycles. The molecule has 26 heavy (non-hydrogen) atoms. The van der Waals surface area contributed by atoms with E-state index >= 15 is 0 Å². The maximum atomic E-state index is 12.3. The van der Waals surface area contributed by atoms with Crippen molar-refractivity contribution in [3.8, 4) is 0 Å². The number of hydrogen-bond acceptors (Lipinski definition) is 3. The third kappa shape index (κ3) is 4.77. The van der Waals surface area contributed by atoms with Gasteiger partial charge in [0, 0.05) is 20.3 Å². The third-order valence-electron chi connectivity index (χ3n) is 3.42. The maximum Gasteiger partial charge on any atom is 0.274 e. The topological polar surface area (TPSA) is 71.1 Å². The molecule has 0 aliphatic rings. The highest BCUT2D eigenvalue weighted by molar-refractivity contribution is 9.10. The van der Waals surface area contributed by atoms with E-state index in [9.17, 15) is 9.59 Å². The van der Waals surface area contributed by atoms with Gasteiger partial charge >= 0.3 is 0 Å². The number of anilines is 2. The van der Waals surface area contributed by atoms with Crippen LogP contribution in [0.5, 0.6) is 0 Å². The average molecular weight is 475 g/mol. The molecule has 0 saturated heterocycles. The first-order valence-electron chi connectivity index (χ1n) is 7.62. The van der Waals surface area contributed by atoms with Crippen LogP contribution in [-0.2, 0) is 0 Å². The average Bonchev–Trinajstić information content (AvgIpc) is 2.65. The molecule has 3 aromatic rings. The van der Waals surface area contributed by atoms with Gasteiger partial charge < -0.3 is 10.6 Å². The van der Waals surface area contributed by atoms with Crippen molar-refractivity contribution < 1.29 is 9.59 Å². The van der Waals surface area contributed by atoms with Gasteiger partial charge in [-0.25, -0.2) is 4.98 Å². The Kier molecular flexibility index (Phi) is 5.80. The molecular formula is C19H13Br2N3O2. The molecule has 0 spiro atoms. The summed E-state index contributed by atoms with van der Waals surface area (Å²) in [5.41, 5.74) is 1.61. The summed E-state index contributed by atoms with van der Waals surface area (Å²) in [4.78, 5) is 28.9. The molecule has 0 aliphatic carbocycles. The van der Waals surface area contributed by atoms with E-state index in [2.05, 4.69) is 47.5 Å². The molecule has 3 rings (SSSR count). The van der Waals surface area contributed by atoms with Crippen LogP contribution >= 0.6 is 31.9 Å². The summed E-state index contributed by atoms with van der Waals surface area (Å²) >= 11 is 6.68. The van der Waals surface area contributed by atoms with Crippen LogP contribution in [0.1, 0.15) is 21.0 Å². The summed E-state index contributed by atoms with van der Waals surface area (Å²) in [6, 6.07) is 19.1. The quantitative estimate of drug-likeness (QED) is 0.551. The highest BCUT2D eigenvalue weighted by atomic mass is 79.9. The molecule has 0 unspecified atom stereocenters. The smallest absolute Gasteiger partial charge is 0.274 e. The number of rotatable bonds is 4. The molecule has 2 N–H and O–H groups in total. The molecule has 2 aromatic carbocycles. The Hall–Kier alpha value is -2.51. The van der Waals surface area contributed by atoms with Crippen LogP contribution in [0.3, 0.4) is 0 Å². The van der Waals surface area contributed by atoms with Crippen LogP contribution in [-0.4, -0.2) is 16.8 Å². The molecule has 130 valence electrons. The highest BCUT2D eigenvalue weighted by Crippen LogP contribution is 2.16. The highest BCUT2D eigenvalue weighted by Gasteiger charge is 2.13. The van der Waals surface area contributed by atoms with Crippen molar-refractivity contribution in [2.75, 3.05) is 10.6 Å². The molecule has 0 fully saturated rings. The van der Waals surface area contributed by atoms with Gasteiger partial charge in [-0.2, -0.15) is 0 Å².